The molecular formula is C15H18F3N3O3. The summed E-state index contributed by atoms with van der Waals surface area (Å²) in [6.45, 7) is 3.39. The van der Waals surface area contributed by atoms with Crippen molar-refractivity contribution in [2.75, 3.05) is 38.3 Å². The number of hydrazone groups is 1. The van der Waals surface area contributed by atoms with E-state index in [2.05, 4.69) is 10.5 Å². The van der Waals surface area contributed by atoms with Crippen molar-refractivity contribution in [2.24, 2.45) is 5.10 Å². The fourth-order valence-corrected chi connectivity index (χ4v) is 2.16. The SMILES string of the molecule is CCOC(=O)/C(=N/Nc1ccccc1C(F)(F)F)N1CCOCC1. The molecule has 2 rings (SSSR count). The number of benzene rings is 1. The molecule has 1 aromatic rings. The van der Waals surface area contributed by atoms with Crippen LogP contribution >= 0.6 is 0 Å². The number of esters is 1. The van der Waals surface area contributed by atoms with Gasteiger partial charge in [-0.25, -0.2) is 4.79 Å². The second-order valence-electron chi connectivity index (χ2n) is 4.91. The number of morpholine rings is 1. The number of carbonyl (C=O) groups is 1. The Kier molecular flexibility index (Phi) is 6.02. The van der Waals surface area contributed by atoms with Gasteiger partial charge in [-0.15, -0.1) is 5.10 Å². The van der Waals surface area contributed by atoms with Gasteiger partial charge in [-0.2, -0.15) is 13.2 Å². The maximum Gasteiger partial charge on any atom is 0.418 e. The van der Waals surface area contributed by atoms with Crippen molar-refractivity contribution in [3.05, 3.63) is 29.8 Å². The Hall–Kier alpha value is -2.29. The molecule has 0 spiro atoms. The van der Waals surface area contributed by atoms with Gasteiger partial charge in [0.05, 0.1) is 31.1 Å². The molecule has 0 saturated carbocycles. The number of nitrogens with one attached hydrogen (secondary N) is 1. The molecule has 132 valence electrons. The van der Waals surface area contributed by atoms with Crippen LogP contribution in [0.3, 0.4) is 0 Å². The van der Waals surface area contributed by atoms with Crippen LogP contribution in [0.1, 0.15) is 12.5 Å². The fourth-order valence-electron chi connectivity index (χ4n) is 2.16. The van der Waals surface area contributed by atoms with E-state index >= 15 is 0 Å². The van der Waals surface area contributed by atoms with Crippen molar-refractivity contribution in [1.29, 1.82) is 0 Å². The maximum atomic E-state index is 13.0. The molecule has 1 saturated heterocycles. The number of alkyl halides is 3. The van der Waals surface area contributed by atoms with E-state index in [9.17, 15) is 18.0 Å². The van der Waals surface area contributed by atoms with E-state index in [1.54, 1.807) is 11.8 Å². The molecule has 0 unspecified atom stereocenters. The molecule has 1 heterocycles. The molecule has 1 aliphatic heterocycles. The fraction of sp³-hybridized carbons (Fsp3) is 0.467. The molecule has 1 aliphatic rings. The number of amidine groups is 1. The molecule has 0 aliphatic carbocycles. The monoisotopic (exact) mass is 345 g/mol. The third kappa shape index (κ3) is 4.60. The van der Waals surface area contributed by atoms with Crippen LogP contribution in [0.4, 0.5) is 18.9 Å². The van der Waals surface area contributed by atoms with Gasteiger partial charge >= 0.3 is 12.1 Å². The van der Waals surface area contributed by atoms with Gasteiger partial charge in [0.2, 0.25) is 5.84 Å². The molecule has 1 aromatic carbocycles. The largest absolute Gasteiger partial charge is 0.460 e. The lowest BCUT2D eigenvalue weighted by molar-refractivity contribution is -0.137. The average Bonchev–Trinajstić information content (AvgIpc) is 2.56. The zero-order valence-corrected chi connectivity index (χ0v) is 13.1. The lowest BCUT2D eigenvalue weighted by Gasteiger charge is -2.28. The van der Waals surface area contributed by atoms with E-state index in [1.165, 1.54) is 18.2 Å². The minimum absolute atomic E-state index is 0.0721. The van der Waals surface area contributed by atoms with Crippen LogP contribution in [0, 0.1) is 0 Å². The smallest absolute Gasteiger partial charge is 0.418 e. The first-order valence-corrected chi connectivity index (χ1v) is 7.43. The number of carbonyl (C=O) groups excluding carboxylic acids is 1. The van der Waals surface area contributed by atoms with E-state index in [0.29, 0.717) is 26.3 Å². The van der Waals surface area contributed by atoms with Crippen molar-refractivity contribution in [2.45, 2.75) is 13.1 Å². The number of halogens is 3. The number of rotatable bonds is 3. The Morgan fingerprint density at radius 3 is 2.62 bits per heavy atom. The van der Waals surface area contributed by atoms with Gasteiger partial charge in [0, 0.05) is 13.1 Å². The number of anilines is 1. The summed E-state index contributed by atoms with van der Waals surface area (Å²) in [6, 6.07) is 4.92. The summed E-state index contributed by atoms with van der Waals surface area (Å²) < 4.78 is 49.1. The molecule has 24 heavy (non-hydrogen) atoms. The molecule has 0 atom stereocenters. The summed E-state index contributed by atoms with van der Waals surface area (Å²) in [7, 11) is 0. The van der Waals surface area contributed by atoms with Crippen LogP contribution in [0.5, 0.6) is 0 Å². The summed E-state index contributed by atoms with van der Waals surface area (Å²) in [5.41, 5.74) is 1.24. The summed E-state index contributed by atoms with van der Waals surface area (Å²) in [6.07, 6.45) is -4.53. The van der Waals surface area contributed by atoms with Gasteiger partial charge < -0.3 is 14.4 Å². The normalized spacial score (nSPS) is 16.0. The topological polar surface area (TPSA) is 63.2 Å². The molecule has 0 amide bonds. The van der Waals surface area contributed by atoms with Gasteiger partial charge in [0.15, 0.2) is 0 Å². The van der Waals surface area contributed by atoms with Gasteiger partial charge in [0.25, 0.3) is 0 Å². The summed E-state index contributed by atoms with van der Waals surface area (Å²) in [4.78, 5) is 13.7. The van der Waals surface area contributed by atoms with Crippen molar-refractivity contribution in [3.63, 3.8) is 0 Å². The van der Waals surface area contributed by atoms with Crippen molar-refractivity contribution >= 4 is 17.5 Å². The van der Waals surface area contributed by atoms with Crippen molar-refractivity contribution in [3.8, 4) is 0 Å². The summed E-state index contributed by atoms with van der Waals surface area (Å²) >= 11 is 0. The number of hydrogen-bond acceptors (Lipinski definition) is 5. The van der Waals surface area contributed by atoms with Gasteiger partial charge in [-0.3, -0.25) is 5.43 Å². The van der Waals surface area contributed by atoms with E-state index < -0.39 is 17.7 Å². The number of para-hydroxylation sites is 1. The molecule has 0 bridgehead atoms. The second kappa shape index (κ2) is 8.00. The zero-order chi connectivity index (χ0) is 17.6. The highest BCUT2D eigenvalue weighted by atomic mass is 19.4. The zero-order valence-electron chi connectivity index (χ0n) is 13.1. The molecule has 9 heteroatoms. The molecule has 1 N–H and O–H groups in total. The van der Waals surface area contributed by atoms with Crippen LogP contribution in [-0.4, -0.2) is 49.6 Å². The molecule has 1 fully saturated rings. The maximum absolute atomic E-state index is 13.0. The highest BCUT2D eigenvalue weighted by Crippen LogP contribution is 2.34. The average molecular weight is 345 g/mol. The van der Waals surface area contributed by atoms with E-state index in [-0.39, 0.29) is 18.1 Å². The van der Waals surface area contributed by atoms with E-state index in [1.807, 2.05) is 0 Å². The summed E-state index contributed by atoms with van der Waals surface area (Å²) in [5, 5.41) is 3.87. The third-order valence-corrected chi connectivity index (χ3v) is 3.28. The van der Waals surface area contributed by atoms with Crippen molar-refractivity contribution < 1.29 is 27.4 Å². The van der Waals surface area contributed by atoms with Crippen LogP contribution < -0.4 is 5.43 Å². The summed E-state index contributed by atoms with van der Waals surface area (Å²) in [5.74, 6) is -0.770. The Labute approximate surface area is 137 Å². The van der Waals surface area contributed by atoms with Gasteiger partial charge in [-0.05, 0) is 19.1 Å². The predicted molar refractivity (Wildman–Crippen MR) is 81.5 cm³/mol. The highest BCUT2D eigenvalue weighted by molar-refractivity contribution is 6.35. The first-order valence-electron chi connectivity index (χ1n) is 7.43. The molecule has 6 nitrogen and oxygen atoms in total. The standard InChI is InChI=1S/C15H18F3N3O3/c1-2-24-14(22)13(21-7-9-23-10-8-21)20-19-12-6-4-3-5-11(12)15(16,17)18/h3-6,19H,2,7-10H2,1H3/b20-13-. The van der Waals surface area contributed by atoms with Gasteiger partial charge in [-0.1, -0.05) is 12.1 Å². The first kappa shape index (κ1) is 18.1. The minimum atomic E-state index is -4.53. The molecule has 0 aromatic heterocycles. The Bertz CT molecular complexity index is 599. The number of hydrogen-bond donors (Lipinski definition) is 1. The Morgan fingerprint density at radius 1 is 1.33 bits per heavy atom. The van der Waals surface area contributed by atoms with E-state index in [4.69, 9.17) is 9.47 Å². The molecular weight excluding hydrogens is 327 g/mol. The number of ether oxygens (including phenoxy) is 2. The first-order chi connectivity index (χ1) is 11.4. The predicted octanol–water partition coefficient (Wildman–Crippen LogP) is 2.33. The minimum Gasteiger partial charge on any atom is -0.460 e. The number of nitrogens with zero attached hydrogens (tertiary/aromatic N) is 2. The van der Waals surface area contributed by atoms with Crippen molar-refractivity contribution in [1.82, 2.24) is 4.90 Å². The second-order valence-corrected chi connectivity index (χ2v) is 4.91. The highest BCUT2D eigenvalue weighted by Gasteiger charge is 2.33. The quantitative estimate of drug-likeness (QED) is 0.394. The van der Waals surface area contributed by atoms with Crippen LogP contribution in [0.15, 0.2) is 29.4 Å². The molecule has 0 radical (unpaired) electrons. The van der Waals surface area contributed by atoms with E-state index in [0.717, 1.165) is 6.07 Å². The Morgan fingerprint density at radius 2 is 2.00 bits per heavy atom. The lowest BCUT2D eigenvalue weighted by atomic mass is 10.2. The third-order valence-electron chi connectivity index (χ3n) is 3.28. The lowest BCUT2D eigenvalue weighted by Crippen LogP contribution is -2.45. The van der Waals surface area contributed by atoms with Crippen LogP contribution in [0.2, 0.25) is 0 Å². The van der Waals surface area contributed by atoms with Crippen LogP contribution in [-0.2, 0) is 20.4 Å². The Balaban J connectivity index is 2.25. The van der Waals surface area contributed by atoms with Crippen LogP contribution in [0.25, 0.3) is 0 Å². The van der Waals surface area contributed by atoms with Gasteiger partial charge in [0.1, 0.15) is 0 Å².